The minimum absolute atomic E-state index is 0.484. The number of hydrogen-bond acceptors (Lipinski definition) is 3. The number of hydrogen-bond donors (Lipinski definition) is 1. The zero-order valence-corrected chi connectivity index (χ0v) is 10.0. The molecule has 2 rings (SSSR count). The summed E-state index contributed by atoms with van der Waals surface area (Å²) < 4.78 is 0. The molecule has 0 aliphatic carbocycles. The molecule has 0 aliphatic rings. The van der Waals surface area contributed by atoms with E-state index >= 15 is 0 Å². The van der Waals surface area contributed by atoms with Crippen molar-refractivity contribution in [2.75, 3.05) is 11.4 Å². The monoisotopic (exact) mass is 227 g/mol. The van der Waals surface area contributed by atoms with Crippen molar-refractivity contribution in [1.82, 2.24) is 4.98 Å². The molecule has 1 heterocycles. The first kappa shape index (κ1) is 11.6. The Morgan fingerprint density at radius 1 is 1.06 bits per heavy atom. The molecule has 0 amide bonds. The lowest BCUT2D eigenvalue weighted by Crippen LogP contribution is -2.16. The summed E-state index contributed by atoms with van der Waals surface area (Å²) in [6, 6.07) is 14.3. The van der Waals surface area contributed by atoms with E-state index < -0.39 is 0 Å². The number of rotatable bonds is 4. The van der Waals surface area contributed by atoms with Crippen LogP contribution in [-0.2, 0) is 6.54 Å². The average Bonchev–Trinajstić information content (AvgIpc) is 2.42. The Bertz CT molecular complexity index is 451. The van der Waals surface area contributed by atoms with Gasteiger partial charge in [-0.05, 0) is 31.2 Å². The highest BCUT2D eigenvalue weighted by atomic mass is 15.1. The Labute approximate surface area is 102 Å². The van der Waals surface area contributed by atoms with Crippen molar-refractivity contribution >= 4 is 11.4 Å². The summed E-state index contributed by atoms with van der Waals surface area (Å²) in [5.74, 6) is 0. The summed E-state index contributed by atoms with van der Waals surface area (Å²) in [4.78, 5) is 6.54. The highest BCUT2D eigenvalue weighted by Gasteiger charge is 2.06. The second-order valence-electron chi connectivity index (χ2n) is 3.79. The first-order valence-electron chi connectivity index (χ1n) is 5.82. The van der Waals surface area contributed by atoms with Gasteiger partial charge in [-0.25, -0.2) is 0 Å². The van der Waals surface area contributed by atoms with E-state index in [1.54, 1.807) is 0 Å². The molecular weight excluding hydrogens is 210 g/mol. The van der Waals surface area contributed by atoms with Crippen molar-refractivity contribution < 1.29 is 0 Å². The van der Waals surface area contributed by atoms with Gasteiger partial charge in [0, 0.05) is 18.8 Å². The Hall–Kier alpha value is -1.87. The third-order valence-corrected chi connectivity index (χ3v) is 2.71. The van der Waals surface area contributed by atoms with Crippen molar-refractivity contribution in [1.29, 1.82) is 0 Å². The van der Waals surface area contributed by atoms with Crippen LogP contribution in [0.4, 0.5) is 11.4 Å². The standard InChI is InChI=1S/C14H17N3/c1-2-17(13-6-4-3-5-7-13)14-9-8-12(10-15)16-11-14/h3-9,11H,2,10,15H2,1H3. The lowest BCUT2D eigenvalue weighted by atomic mass is 10.2. The van der Waals surface area contributed by atoms with Crippen molar-refractivity contribution in [2.24, 2.45) is 5.73 Å². The summed E-state index contributed by atoms with van der Waals surface area (Å²) in [5.41, 5.74) is 8.73. The van der Waals surface area contributed by atoms with Crippen LogP contribution in [0.3, 0.4) is 0 Å². The minimum Gasteiger partial charge on any atom is -0.341 e. The van der Waals surface area contributed by atoms with Crippen molar-refractivity contribution in [3.63, 3.8) is 0 Å². The average molecular weight is 227 g/mol. The lowest BCUT2D eigenvalue weighted by Gasteiger charge is -2.22. The van der Waals surface area contributed by atoms with Crippen LogP contribution in [0.15, 0.2) is 48.7 Å². The number of benzene rings is 1. The van der Waals surface area contributed by atoms with Gasteiger partial charge in [0.25, 0.3) is 0 Å². The Balaban J connectivity index is 2.29. The van der Waals surface area contributed by atoms with Crippen LogP contribution in [0.25, 0.3) is 0 Å². The minimum atomic E-state index is 0.484. The number of anilines is 2. The van der Waals surface area contributed by atoms with Gasteiger partial charge in [-0.3, -0.25) is 4.98 Å². The van der Waals surface area contributed by atoms with Gasteiger partial charge < -0.3 is 10.6 Å². The molecule has 0 atom stereocenters. The Morgan fingerprint density at radius 3 is 2.35 bits per heavy atom. The van der Waals surface area contributed by atoms with Crippen molar-refractivity contribution in [2.45, 2.75) is 13.5 Å². The molecule has 17 heavy (non-hydrogen) atoms. The third kappa shape index (κ3) is 2.63. The van der Waals surface area contributed by atoms with E-state index in [1.165, 1.54) is 5.69 Å². The van der Waals surface area contributed by atoms with Gasteiger partial charge in [-0.2, -0.15) is 0 Å². The topological polar surface area (TPSA) is 42.1 Å². The number of para-hydroxylation sites is 1. The normalized spacial score (nSPS) is 10.2. The van der Waals surface area contributed by atoms with Gasteiger partial charge in [0.15, 0.2) is 0 Å². The van der Waals surface area contributed by atoms with Crippen LogP contribution in [0.5, 0.6) is 0 Å². The van der Waals surface area contributed by atoms with Gasteiger partial charge >= 0.3 is 0 Å². The molecule has 0 saturated heterocycles. The van der Waals surface area contributed by atoms with Crippen LogP contribution in [-0.4, -0.2) is 11.5 Å². The predicted molar refractivity (Wildman–Crippen MR) is 71.3 cm³/mol. The molecule has 0 fully saturated rings. The maximum absolute atomic E-state index is 5.54. The molecule has 2 aromatic rings. The third-order valence-electron chi connectivity index (χ3n) is 2.71. The predicted octanol–water partition coefficient (Wildman–Crippen LogP) is 2.70. The molecule has 0 radical (unpaired) electrons. The lowest BCUT2D eigenvalue weighted by molar-refractivity contribution is 0.968. The van der Waals surface area contributed by atoms with Crippen LogP contribution < -0.4 is 10.6 Å². The van der Waals surface area contributed by atoms with Gasteiger partial charge in [-0.1, -0.05) is 18.2 Å². The highest BCUT2D eigenvalue weighted by molar-refractivity contribution is 5.62. The van der Waals surface area contributed by atoms with E-state index in [1.807, 2.05) is 30.5 Å². The second-order valence-corrected chi connectivity index (χ2v) is 3.79. The summed E-state index contributed by atoms with van der Waals surface area (Å²) in [5, 5.41) is 0. The van der Waals surface area contributed by atoms with Crippen LogP contribution in [0, 0.1) is 0 Å². The first-order valence-corrected chi connectivity index (χ1v) is 5.82. The fraction of sp³-hybridized carbons (Fsp3) is 0.214. The fourth-order valence-corrected chi connectivity index (χ4v) is 1.82. The molecule has 1 aromatic carbocycles. The number of nitrogens with two attached hydrogens (primary N) is 1. The van der Waals surface area contributed by atoms with Crippen LogP contribution in [0.1, 0.15) is 12.6 Å². The van der Waals surface area contributed by atoms with E-state index in [2.05, 4.69) is 35.0 Å². The molecule has 0 spiro atoms. The molecule has 3 nitrogen and oxygen atoms in total. The van der Waals surface area contributed by atoms with Crippen molar-refractivity contribution in [3.8, 4) is 0 Å². The van der Waals surface area contributed by atoms with E-state index in [0.717, 1.165) is 17.9 Å². The number of nitrogens with zero attached hydrogens (tertiary/aromatic N) is 2. The molecule has 0 saturated carbocycles. The van der Waals surface area contributed by atoms with Gasteiger partial charge in [0.05, 0.1) is 17.6 Å². The highest BCUT2D eigenvalue weighted by Crippen LogP contribution is 2.23. The molecule has 3 heteroatoms. The molecule has 2 N–H and O–H groups in total. The van der Waals surface area contributed by atoms with Crippen LogP contribution >= 0.6 is 0 Å². The van der Waals surface area contributed by atoms with E-state index in [9.17, 15) is 0 Å². The molecule has 0 aliphatic heterocycles. The molecule has 0 bridgehead atoms. The molecular formula is C14H17N3. The Kier molecular flexibility index (Phi) is 3.73. The first-order chi connectivity index (χ1) is 8.35. The summed E-state index contributed by atoms with van der Waals surface area (Å²) in [6.07, 6.45) is 1.87. The maximum atomic E-state index is 5.54. The van der Waals surface area contributed by atoms with Crippen molar-refractivity contribution in [3.05, 3.63) is 54.4 Å². The quantitative estimate of drug-likeness (QED) is 0.873. The SMILES string of the molecule is CCN(c1ccccc1)c1ccc(CN)nc1. The zero-order chi connectivity index (χ0) is 12.1. The molecule has 0 unspecified atom stereocenters. The summed E-state index contributed by atoms with van der Waals surface area (Å²) in [6.45, 7) is 3.52. The van der Waals surface area contributed by atoms with Gasteiger partial charge in [-0.15, -0.1) is 0 Å². The van der Waals surface area contributed by atoms with Gasteiger partial charge in [0.1, 0.15) is 0 Å². The number of aromatic nitrogens is 1. The van der Waals surface area contributed by atoms with Crippen LogP contribution in [0.2, 0.25) is 0 Å². The fourth-order valence-electron chi connectivity index (χ4n) is 1.82. The molecule has 88 valence electrons. The van der Waals surface area contributed by atoms with E-state index in [4.69, 9.17) is 5.73 Å². The largest absolute Gasteiger partial charge is 0.341 e. The van der Waals surface area contributed by atoms with E-state index in [-0.39, 0.29) is 0 Å². The smallest absolute Gasteiger partial charge is 0.0597 e. The molecule has 1 aromatic heterocycles. The second kappa shape index (κ2) is 5.46. The van der Waals surface area contributed by atoms with E-state index in [0.29, 0.717) is 6.54 Å². The summed E-state index contributed by atoms with van der Waals surface area (Å²) in [7, 11) is 0. The zero-order valence-electron chi connectivity index (χ0n) is 10.0. The Morgan fingerprint density at radius 2 is 1.82 bits per heavy atom. The summed E-state index contributed by atoms with van der Waals surface area (Å²) >= 11 is 0. The number of pyridine rings is 1. The van der Waals surface area contributed by atoms with Gasteiger partial charge in [0.2, 0.25) is 0 Å². The maximum Gasteiger partial charge on any atom is 0.0597 e.